The van der Waals surface area contributed by atoms with Gasteiger partial charge < -0.3 is 0 Å². The second kappa shape index (κ2) is 5.84. The topological polar surface area (TPSA) is 49.4 Å². The van der Waals surface area contributed by atoms with E-state index < -0.39 is 10.2 Å². The molecule has 0 saturated heterocycles. The van der Waals surface area contributed by atoms with Crippen LogP contribution < -0.4 is 4.72 Å². The molecule has 17 heavy (non-hydrogen) atoms. The zero-order chi connectivity index (χ0) is 13.1. The SMILES string of the molecule is CCN(CC)S(=O)(=O)Nc1cccc(C)c1Br. The highest BCUT2D eigenvalue weighted by Crippen LogP contribution is 2.26. The van der Waals surface area contributed by atoms with Crippen LogP contribution in [-0.4, -0.2) is 25.8 Å². The van der Waals surface area contributed by atoms with Crippen molar-refractivity contribution in [2.24, 2.45) is 0 Å². The summed E-state index contributed by atoms with van der Waals surface area (Å²) in [6, 6.07) is 5.47. The first-order valence-electron chi connectivity index (χ1n) is 5.45. The molecule has 0 aromatic heterocycles. The number of rotatable bonds is 5. The van der Waals surface area contributed by atoms with Crippen LogP contribution in [0.4, 0.5) is 5.69 Å². The molecule has 1 aromatic rings. The number of benzene rings is 1. The van der Waals surface area contributed by atoms with E-state index in [1.54, 1.807) is 6.07 Å². The number of nitrogens with zero attached hydrogens (tertiary/aromatic N) is 1. The molecule has 0 heterocycles. The summed E-state index contributed by atoms with van der Waals surface area (Å²) in [6.45, 7) is 6.45. The molecule has 1 rings (SSSR count). The lowest BCUT2D eigenvalue weighted by molar-refractivity contribution is 0.449. The van der Waals surface area contributed by atoms with Gasteiger partial charge in [-0.1, -0.05) is 26.0 Å². The Bertz CT molecular complexity index is 484. The van der Waals surface area contributed by atoms with Crippen molar-refractivity contribution in [1.82, 2.24) is 4.31 Å². The first-order chi connectivity index (χ1) is 7.92. The lowest BCUT2D eigenvalue weighted by atomic mass is 10.2. The Kier molecular flexibility index (Phi) is 4.97. The molecule has 6 heteroatoms. The smallest absolute Gasteiger partial charge is 0.270 e. The van der Waals surface area contributed by atoms with Gasteiger partial charge >= 0.3 is 10.2 Å². The molecule has 0 fully saturated rings. The summed E-state index contributed by atoms with van der Waals surface area (Å²) in [7, 11) is -3.46. The van der Waals surface area contributed by atoms with Crippen LogP contribution in [0.15, 0.2) is 22.7 Å². The van der Waals surface area contributed by atoms with E-state index in [9.17, 15) is 8.42 Å². The van der Waals surface area contributed by atoms with E-state index in [0.717, 1.165) is 10.0 Å². The minimum Gasteiger partial charge on any atom is -0.270 e. The quantitative estimate of drug-likeness (QED) is 0.906. The third kappa shape index (κ3) is 3.43. The molecule has 0 saturated carbocycles. The van der Waals surface area contributed by atoms with Crippen molar-refractivity contribution in [2.75, 3.05) is 17.8 Å². The van der Waals surface area contributed by atoms with Gasteiger partial charge in [0.05, 0.1) is 5.69 Å². The van der Waals surface area contributed by atoms with Crippen molar-refractivity contribution < 1.29 is 8.42 Å². The van der Waals surface area contributed by atoms with Gasteiger partial charge in [0.15, 0.2) is 0 Å². The molecular weight excluding hydrogens is 304 g/mol. The van der Waals surface area contributed by atoms with Crippen LogP contribution in [0.25, 0.3) is 0 Å². The summed E-state index contributed by atoms with van der Waals surface area (Å²) in [4.78, 5) is 0. The summed E-state index contributed by atoms with van der Waals surface area (Å²) < 4.78 is 28.8. The van der Waals surface area contributed by atoms with Crippen molar-refractivity contribution >= 4 is 31.8 Å². The predicted octanol–water partition coefficient (Wildman–Crippen LogP) is 2.76. The molecular formula is C11H17BrN2O2S. The Balaban J connectivity index is 3.02. The number of halogens is 1. The van der Waals surface area contributed by atoms with Crippen LogP contribution in [0.2, 0.25) is 0 Å². The molecule has 1 aromatic carbocycles. The van der Waals surface area contributed by atoms with E-state index in [0.29, 0.717) is 18.8 Å². The summed E-state index contributed by atoms with van der Waals surface area (Å²) in [5.74, 6) is 0. The maximum Gasteiger partial charge on any atom is 0.301 e. The summed E-state index contributed by atoms with van der Waals surface area (Å²) in [5.41, 5.74) is 1.56. The average Bonchev–Trinajstić information content (AvgIpc) is 2.26. The zero-order valence-corrected chi connectivity index (χ0v) is 12.6. The number of hydrogen-bond acceptors (Lipinski definition) is 2. The second-order valence-corrected chi connectivity index (χ2v) is 6.09. The minimum atomic E-state index is -3.46. The van der Waals surface area contributed by atoms with Gasteiger partial charge in [0, 0.05) is 17.6 Å². The molecule has 0 atom stereocenters. The van der Waals surface area contributed by atoms with E-state index in [2.05, 4.69) is 20.7 Å². The standard InChI is InChI=1S/C11H17BrN2O2S/c1-4-14(5-2)17(15,16)13-10-8-6-7-9(3)11(10)12/h6-8,13H,4-5H2,1-3H3. The molecule has 0 aliphatic rings. The molecule has 0 aliphatic carbocycles. The summed E-state index contributed by atoms with van der Waals surface area (Å²) in [5, 5.41) is 0. The highest BCUT2D eigenvalue weighted by Gasteiger charge is 2.19. The monoisotopic (exact) mass is 320 g/mol. The molecule has 0 radical (unpaired) electrons. The number of anilines is 1. The highest BCUT2D eigenvalue weighted by atomic mass is 79.9. The van der Waals surface area contributed by atoms with Crippen LogP contribution in [0.1, 0.15) is 19.4 Å². The Morgan fingerprint density at radius 2 is 1.88 bits per heavy atom. The molecule has 0 aliphatic heterocycles. The van der Waals surface area contributed by atoms with Gasteiger partial charge in [-0.25, -0.2) is 0 Å². The third-order valence-corrected chi connectivity index (χ3v) is 5.20. The van der Waals surface area contributed by atoms with Crippen LogP contribution in [-0.2, 0) is 10.2 Å². The van der Waals surface area contributed by atoms with Crippen molar-refractivity contribution in [1.29, 1.82) is 0 Å². The van der Waals surface area contributed by atoms with Gasteiger partial charge in [-0.05, 0) is 34.5 Å². The number of nitrogens with one attached hydrogen (secondary N) is 1. The fourth-order valence-corrected chi connectivity index (χ4v) is 3.24. The Labute approximate surface area is 111 Å². The average molecular weight is 321 g/mol. The Morgan fingerprint density at radius 1 is 1.29 bits per heavy atom. The van der Waals surface area contributed by atoms with Gasteiger partial charge in [-0.15, -0.1) is 0 Å². The van der Waals surface area contributed by atoms with E-state index >= 15 is 0 Å². The van der Waals surface area contributed by atoms with Gasteiger partial charge in [-0.2, -0.15) is 12.7 Å². The molecule has 0 unspecified atom stereocenters. The van der Waals surface area contributed by atoms with Crippen molar-refractivity contribution in [2.45, 2.75) is 20.8 Å². The summed E-state index contributed by atoms with van der Waals surface area (Å²) >= 11 is 3.38. The lowest BCUT2D eigenvalue weighted by Gasteiger charge is -2.20. The van der Waals surface area contributed by atoms with E-state index in [4.69, 9.17) is 0 Å². The second-order valence-electron chi connectivity index (χ2n) is 3.63. The van der Waals surface area contributed by atoms with Crippen LogP contribution in [0.3, 0.4) is 0 Å². The van der Waals surface area contributed by atoms with Gasteiger partial charge in [0.1, 0.15) is 0 Å². The van der Waals surface area contributed by atoms with E-state index in [1.165, 1.54) is 4.31 Å². The lowest BCUT2D eigenvalue weighted by Crippen LogP contribution is -2.35. The van der Waals surface area contributed by atoms with Crippen LogP contribution in [0.5, 0.6) is 0 Å². The first-order valence-corrected chi connectivity index (χ1v) is 7.68. The fourth-order valence-electron chi connectivity index (χ4n) is 1.49. The zero-order valence-electron chi connectivity index (χ0n) is 10.2. The minimum absolute atomic E-state index is 0.454. The molecule has 0 bridgehead atoms. The van der Waals surface area contributed by atoms with Crippen molar-refractivity contribution in [3.63, 3.8) is 0 Å². The van der Waals surface area contributed by atoms with Gasteiger partial charge in [0.2, 0.25) is 0 Å². The Hall–Kier alpha value is -0.590. The molecule has 1 N–H and O–H groups in total. The van der Waals surface area contributed by atoms with Crippen LogP contribution in [0, 0.1) is 6.92 Å². The molecule has 4 nitrogen and oxygen atoms in total. The fraction of sp³-hybridized carbons (Fsp3) is 0.455. The normalized spacial score (nSPS) is 11.8. The van der Waals surface area contributed by atoms with Crippen molar-refractivity contribution in [3.05, 3.63) is 28.2 Å². The van der Waals surface area contributed by atoms with Gasteiger partial charge in [0.25, 0.3) is 0 Å². The Morgan fingerprint density at radius 3 is 2.41 bits per heavy atom. The van der Waals surface area contributed by atoms with Crippen LogP contribution >= 0.6 is 15.9 Å². The maximum absolute atomic E-state index is 12.0. The van der Waals surface area contributed by atoms with E-state index in [1.807, 2.05) is 32.9 Å². The number of hydrogen-bond donors (Lipinski definition) is 1. The third-order valence-electron chi connectivity index (χ3n) is 2.48. The van der Waals surface area contributed by atoms with Gasteiger partial charge in [-0.3, -0.25) is 4.72 Å². The molecule has 0 spiro atoms. The molecule has 0 amide bonds. The number of aryl methyl sites for hydroxylation is 1. The predicted molar refractivity (Wildman–Crippen MR) is 74.3 cm³/mol. The first kappa shape index (κ1) is 14.5. The van der Waals surface area contributed by atoms with E-state index in [-0.39, 0.29) is 0 Å². The largest absolute Gasteiger partial charge is 0.301 e. The van der Waals surface area contributed by atoms with Crippen molar-refractivity contribution in [3.8, 4) is 0 Å². The molecule has 96 valence electrons. The summed E-state index contributed by atoms with van der Waals surface area (Å²) in [6.07, 6.45) is 0. The highest BCUT2D eigenvalue weighted by molar-refractivity contribution is 9.10. The maximum atomic E-state index is 12.0.